The molecule has 9 nitrogen and oxygen atoms in total. The molecule has 106 heavy (non-hydrogen) atoms. The fourth-order valence-electron chi connectivity index (χ4n) is 15.4. The summed E-state index contributed by atoms with van der Waals surface area (Å²) in [6, 6.07) is 27.6. The van der Waals surface area contributed by atoms with Gasteiger partial charge in [0.25, 0.3) is 0 Å². The highest BCUT2D eigenvalue weighted by Gasteiger charge is 2.31. The molecule has 17 rings (SSSR count). The summed E-state index contributed by atoms with van der Waals surface area (Å²) in [5.74, 6) is -1.26. The molecule has 0 bridgehead atoms. The molecule has 6 heterocycles. The Bertz CT molecular complexity index is 7220. The van der Waals surface area contributed by atoms with Gasteiger partial charge in [-0.15, -0.1) is 0 Å². The number of hydrogen-bond donors (Lipinski definition) is 0. The molecule has 524 valence electrons. The molecule has 0 spiro atoms. The van der Waals surface area contributed by atoms with Gasteiger partial charge in [0.1, 0.15) is 54.6 Å². The molecule has 2 aliphatic carbocycles. The van der Waals surface area contributed by atoms with E-state index >= 15 is 0 Å². The van der Waals surface area contributed by atoms with Gasteiger partial charge in [-0.3, -0.25) is 0 Å². The average Bonchev–Trinajstić information content (AvgIpc) is 1.59. The van der Waals surface area contributed by atoms with Gasteiger partial charge in [0.2, 0.25) is 17.1 Å². The van der Waals surface area contributed by atoms with Crippen LogP contribution in [0.4, 0.5) is 17.1 Å². The van der Waals surface area contributed by atoms with Gasteiger partial charge in [-0.25, -0.2) is 14.5 Å². The molecule has 0 amide bonds. The minimum Gasteiger partial charge on any atom is -0.456 e. The number of fused-ring (bicyclic) bond motifs is 9. The lowest BCUT2D eigenvalue weighted by Gasteiger charge is -2.22. The Morgan fingerprint density at radius 1 is 0.387 bits per heavy atom. The van der Waals surface area contributed by atoms with E-state index < -0.39 is 90.0 Å². The summed E-state index contributed by atoms with van der Waals surface area (Å²) in [5.41, 5.74) is 16.0. The third kappa shape index (κ3) is 12.9. The summed E-state index contributed by atoms with van der Waals surface area (Å²) in [4.78, 5) is 10.9. The van der Waals surface area contributed by atoms with E-state index in [0.717, 1.165) is 153 Å². The number of rotatable bonds is 9. The smallest absolute Gasteiger partial charge is 0.216 e. The van der Waals surface area contributed by atoms with Crippen LogP contribution in [0.15, 0.2) is 213 Å². The van der Waals surface area contributed by atoms with Crippen molar-refractivity contribution in [2.45, 2.75) is 138 Å². The minimum absolute atomic E-state index is 0.0493. The molecular weight excluding hydrogens is 1300 g/mol. The predicted octanol–water partition coefficient (Wildman–Crippen LogP) is 26.0. The van der Waals surface area contributed by atoms with Crippen LogP contribution < -0.4 is 13.7 Å². The van der Waals surface area contributed by atoms with Crippen molar-refractivity contribution in [2.24, 2.45) is 26.6 Å². The average molecular weight is 1410 g/mol. The Labute approximate surface area is 649 Å². The van der Waals surface area contributed by atoms with E-state index in [2.05, 4.69) is 47.9 Å². The Morgan fingerprint density at radius 3 is 0.981 bits per heavy atom. The second-order valence-electron chi connectivity index (χ2n) is 28.9. The van der Waals surface area contributed by atoms with Crippen molar-refractivity contribution in [1.82, 2.24) is 0 Å². The van der Waals surface area contributed by atoms with Gasteiger partial charge in [0, 0.05) is 112 Å². The molecular formula is C97H91N6O3+3. The maximum absolute atomic E-state index is 9.31. The van der Waals surface area contributed by atoms with Gasteiger partial charge in [0.05, 0.1) is 57.0 Å². The number of furan rings is 3. The van der Waals surface area contributed by atoms with Crippen molar-refractivity contribution in [3.05, 3.63) is 285 Å². The molecule has 0 aliphatic heterocycles. The normalized spacial score (nSPS) is 16.7. The molecule has 15 aromatic rings. The first-order valence-corrected chi connectivity index (χ1v) is 35.8. The van der Waals surface area contributed by atoms with Crippen molar-refractivity contribution >= 4 is 82.9 Å². The van der Waals surface area contributed by atoms with Crippen LogP contribution >= 0.6 is 0 Å². The fraction of sp³-hybridized carbons (Fsp3) is 0.258. The lowest BCUT2D eigenvalue weighted by atomic mass is 9.83. The first-order chi connectivity index (χ1) is 59.0. The Balaban J connectivity index is 0.000000145. The summed E-state index contributed by atoms with van der Waals surface area (Å²) in [6.07, 6.45) is 7.01. The zero-order valence-corrected chi connectivity index (χ0v) is 61.7. The molecule has 0 atom stereocenters. The van der Waals surface area contributed by atoms with Crippen molar-refractivity contribution in [2.75, 3.05) is 0 Å². The third-order valence-electron chi connectivity index (χ3n) is 21.0. The highest BCUT2D eigenvalue weighted by molar-refractivity contribution is 6.18. The number of benzene rings is 9. The Kier molecular flexibility index (Phi) is 13.7. The van der Waals surface area contributed by atoms with Gasteiger partial charge in [-0.05, 0) is 120 Å². The maximum atomic E-state index is 9.31. The highest BCUT2D eigenvalue weighted by Crippen LogP contribution is 2.49. The summed E-state index contributed by atoms with van der Waals surface area (Å²) in [6.45, 7) is 41.1. The van der Waals surface area contributed by atoms with Crippen LogP contribution in [0, 0.1) is 66.7 Å². The van der Waals surface area contributed by atoms with Gasteiger partial charge in [-0.2, -0.15) is 13.7 Å². The van der Waals surface area contributed by atoms with Crippen LogP contribution in [0.5, 0.6) is 0 Å². The Morgan fingerprint density at radius 2 is 0.670 bits per heavy atom. The quantitative estimate of drug-likeness (QED) is 0.107. The van der Waals surface area contributed by atoms with Gasteiger partial charge < -0.3 is 13.3 Å². The van der Waals surface area contributed by atoms with Crippen LogP contribution in [0.2, 0.25) is 0 Å². The maximum Gasteiger partial charge on any atom is 0.216 e. The van der Waals surface area contributed by atoms with Crippen molar-refractivity contribution in [1.29, 1.82) is 0 Å². The van der Waals surface area contributed by atoms with Gasteiger partial charge in [-0.1, -0.05) is 216 Å². The largest absolute Gasteiger partial charge is 0.456 e. The molecule has 0 radical (unpaired) electrons. The first kappa shape index (κ1) is 50.7. The van der Waals surface area contributed by atoms with Gasteiger partial charge >= 0.3 is 0 Å². The van der Waals surface area contributed by atoms with Crippen LogP contribution in [0.1, 0.15) is 167 Å². The lowest BCUT2D eigenvalue weighted by Crippen LogP contribution is -2.35. The number of aromatic nitrogens is 3. The number of nitrogens with zero attached hydrogens (tertiary/aromatic N) is 6. The molecule has 0 saturated heterocycles. The van der Waals surface area contributed by atoms with E-state index in [1.807, 2.05) is 137 Å². The summed E-state index contributed by atoms with van der Waals surface area (Å²) in [7, 11) is 5.91. The van der Waals surface area contributed by atoms with E-state index in [1.54, 1.807) is 36.4 Å². The van der Waals surface area contributed by atoms with E-state index in [-0.39, 0.29) is 80.2 Å². The van der Waals surface area contributed by atoms with Crippen LogP contribution in [-0.2, 0) is 27.5 Å². The first-order valence-electron chi connectivity index (χ1n) is 45.3. The third-order valence-corrected chi connectivity index (χ3v) is 21.0. The minimum atomic E-state index is -1.63. The number of aryl methyl sites for hydroxylation is 6. The molecule has 2 fully saturated rings. The zero-order chi connectivity index (χ0) is 90.5. The van der Waals surface area contributed by atoms with Crippen molar-refractivity contribution in [3.8, 4) is 67.2 Å². The molecule has 6 aromatic heterocycles. The second-order valence-corrected chi connectivity index (χ2v) is 28.9. The predicted molar refractivity (Wildman–Crippen MR) is 435 cm³/mol. The van der Waals surface area contributed by atoms with E-state index in [0.29, 0.717) is 49.6 Å². The second kappa shape index (κ2) is 28.7. The van der Waals surface area contributed by atoms with Gasteiger partial charge in [0.15, 0.2) is 34.1 Å². The molecule has 2 saturated carbocycles. The summed E-state index contributed by atoms with van der Waals surface area (Å²) in [5, 5.41) is 4.37. The molecule has 0 unspecified atom stereocenters. The summed E-state index contributed by atoms with van der Waals surface area (Å²) >= 11 is 0. The van der Waals surface area contributed by atoms with Crippen LogP contribution in [-0.4, -0.2) is 0 Å². The lowest BCUT2D eigenvalue weighted by molar-refractivity contribution is -0.666. The Hall–Kier alpha value is -11.7. The molecule has 0 N–H and O–H groups in total. The SMILES string of the molecule is [2H]c1c([2H])c([2H])c(-c2c([N+]#[C-])ccc3c2oc2c(-c4cc(C([2H])([2H])C(C)(C)C)cc(C)[n+]4C)c(C)ccc23)c([2H])c1[2H].[2H]c1c([2H])c([2H])c(-c2c([N+]#[C-])ccc3c2oc2c(-c4cc(C5([2H])CCCC5)cc(C)[n+]4C)c(C)ccc23)c([2H])c1[2H].[2H]c1c([2H])c([2H])c(-c2c([N+]#[C-])ccc3c2oc2c(-c4cc(C5([2H])CCCCC5)cc(C)[n+]4C)c(C)ccc23)c([2H])c1[2H]. The van der Waals surface area contributed by atoms with E-state index in [9.17, 15) is 1.37 Å². The molecule has 9 aromatic carbocycles. The fourth-order valence-corrected chi connectivity index (χ4v) is 15.4. The standard InChI is InChI=1S/C33H31N2O.C32H29N2O.C32H31N2O/c1-21-15-16-26-27-17-18-28(34-3)31(24-13-9-6-10-14-24)33(27)36-32(26)30(21)29-20-25(19-22(2)35(29)4)23-11-7-5-8-12-23;1-20-14-15-25-26-16-17-27(33-3)30(23-12-6-5-7-13-23)32(26)35-31(25)29(20)28-19-24(18-21(2)34(28)4)22-10-8-9-11-22;1-20-13-14-24-25-15-16-26(33-6)29(23-11-9-8-10-12-23)31(25)35-30(24)28(20)27-18-22(19-32(3,4)5)17-21(2)34(27)7/h6,9-10,13-20,23H,5,7-8,11-12H2,1-2,4H3;5-7,12-19,22H,8-11H2,1-2,4H3;8-18H,19H2,1-5,7H3/q3*+1/i6D,9D,10D,13D,14D,23D;5D,6D,7D,12D,13D,22D;8D,9D,10D,11D,12D,19D2. The van der Waals surface area contributed by atoms with E-state index in [1.165, 1.54) is 0 Å². The molecule has 9 heteroatoms. The highest BCUT2D eigenvalue weighted by atomic mass is 16.3. The number of hydrogen-bond acceptors (Lipinski definition) is 3. The number of pyridine rings is 3. The topological polar surface area (TPSA) is 64.1 Å². The zero-order valence-electron chi connectivity index (χ0n) is 80.7. The molecule has 2 aliphatic rings. The van der Waals surface area contributed by atoms with Crippen LogP contribution in [0.25, 0.3) is 148 Å². The van der Waals surface area contributed by atoms with Crippen molar-refractivity contribution in [3.63, 3.8) is 0 Å². The van der Waals surface area contributed by atoms with Crippen molar-refractivity contribution < 1.29 is 53.0 Å². The van der Waals surface area contributed by atoms with E-state index in [4.69, 9.17) is 57.6 Å². The van der Waals surface area contributed by atoms with Crippen LogP contribution in [0.3, 0.4) is 0 Å². The monoisotopic (exact) mass is 1410 g/mol. The summed E-state index contributed by atoms with van der Waals surface area (Å²) < 4.78 is 187.